The molecule has 0 bridgehead atoms. The van der Waals surface area contributed by atoms with Crippen LogP contribution in [0, 0.1) is 0 Å². The molecule has 1 rings (SSSR count). The van der Waals surface area contributed by atoms with Crippen LogP contribution in [0.1, 0.15) is 6.92 Å². The lowest BCUT2D eigenvalue weighted by atomic mass is 10.1. The summed E-state index contributed by atoms with van der Waals surface area (Å²) in [6.45, 7) is 7.86. The fraction of sp³-hybridized carbons (Fsp3) is 0.333. The number of likely N-dealkylation sites (N-methyl/N-ethyl adjacent to an activating group) is 1. The van der Waals surface area contributed by atoms with Gasteiger partial charge in [0, 0.05) is 13.1 Å². The molecule has 0 atom stereocenters. The van der Waals surface area contributed by atoms with Crippen molar-refractivity contribution in [2.24, 2.45) is 0 Å². The highest BCUT2D eigenvalue weighted by atomic mass is 15.1. The molecule has 13 heavy (non-hydrogen) atoms. The summed E-state index contributed by atoms with van der Waals surface area (Å²) in [7, 11) is 2.13. The smallest absolute Gasteiger partial charge is 0.0237 e. The third-order valence-electron chi connectivity index (χ3n) is 2.10. The van der Waals surface area contributed by atoms with Crippen molar-refractivity contribution in [3.8, 4) is 0 Å². The molecule has 70 valence electrons. The Morgan fingerprint density at radius 2 is 2.38 bits per heavy atom. The average Bonchev–Trinajstić information content (AvgIpc) is 2.51. The summed E-state index contributed by atoms with van der Waals surface area (Å²) in [6, 6.07) is 0. The summed E-state index contributed by atoms with van der Waals surface area (Å²) in [6.07, 6.45) is 10.4. The van der Waals surface area contributed by atoms with Gasteiger partial charge in [0.2, 0.25) is 0 Å². The zero-order valence-electron chi connectivity index (χ0n) is 8.46. The van der Waals surface area contributed by atoms with Gasteiger partial charge >= 0.3 is 0 Å². The van der Waals surface area contributed by atoms with Crippen molar-refractivity contribution in [2.45, 2.75) is 6.92 Å². The molecule has 0 saturated heterocycles. The average molecular weight is 175 g/mol. The minimum Gasteiger partial charge on any atom is -0.298 e. The molecule has 0 fully saturated rings. The Morgan fingerprint density at radius 1 is 1.62 bits per heavy atom. The zero-order valence-corrected chi connectivity index (χ0v) is 8.46. The Balaban J connectivity index is 2.77. The van der Waals surface area contributed by atoms with Gasteiger partial charge in [-0.2, -0.15) is 0 Å². The number of hydrogen-bond acceptors (Lipinski definition) is 1. The normalized spacial score (nSPS) is 19.5. The predicted octanol–water partition coefficient (Wildman–Crippen LogP) is 2.55. The van der Waals surface area contributed by atoms with Gasteiger partial charge in [-0.15, -0.1) is 0 Å². The highest BCUT2D eigenvalue weighted by molar-refractivity contribution is 5.44. The fourth-order valence-corrected chi connectivity index (χ4v) is 1.47. The number of allylic oxidation sites excluding steroid dienone is 4. The van der Waals surface area contributed by atoms with Gasteiger partial charge in [0.25, 0.3) is 0 Å². The maximum Gasteiger partial charge on any atom is 0.0237 e. The van der Waals surface area contributed by atoms with Gasteiger partial charge in [-0.05, 0) is 25.1 Å². The Labute approximate surface area is 80.7 Å². The molecule has 0 radical (unpaired) electrons. The van der Waals surface area contributed by atoms with Crippen LogP contribution in [0.3, 0.4) is 0 Å². The van der Waals surface area contributed by atoms with Crippen LogP contribution in [-0.2, 0) is 0 Å². The largest absolute Gasteiger partial charge is 0.298 e. The summed E-state index contributed by atoms with van der Waals surface area (Å²) >= 11 is 0. The van der Waals surface area contributed by atoms with Gasteiger partial charge < -0.3 is 0 Å². The van der Waals surface area contributed by atoms with Gasteiger partial charge in [-0.25, -0.2) is 0 Å². The lowest BCUT2D eigenvalue weighted by Gasteiger charge is -2.07. The monoisotopic (exact) mass is 175 g/mol. The van der Waals surface area contributed by atoms with E-state index in [9.17, 15) is 0 Å². The fourth-order valence-electron chi connectivity index (χ4n) is 1.47. The molecule has 0 aromatic heterocycles. The zero-order chi connectivity index (χ0) is 9.68. The van der Waals surface area contributed by atoms with Gasteiger partial charge in [-0.3, -0.25) is 4.90 Å². The summed E-state index contributed by atoms with van der Waals surface area (Å²) in [5.74, 6) is 0. The lowest BCUT2D eigenvalue weighted by molar-refractivity contribution is 0.431. The minimum absolute atomic E-state index is 1.05. The van der Waals surface area contributed by atoms with Crippen molar-refractivity contribution in [1.82, 2.24) is 4.90 Å². The van der Waals surface area contributed by atoms with Gasteiger partial charge in [-0.1, -0.05) is 37.0 Å². The minimum atomic E-state index is 1.05. The number of hydrogen-bond donors (Lipinski definition) is 0. The van der Waals surface area contributed by atoms with E-state index in [0.717, 1.165) is 13.1 Å². The van der Waals surface area contributed by atoms with E-state index in [1.807, 2.05) is 13.0 Å². The molecule has 1 heterocycles. The lowest BCUT2D eigenvalue weighted by Crippen LogP contribution is -2.14. The van der Waals surface area contributed by atoms with Gasteiger partial charge in [0.1, 0.15) is 0 Å². The van der Waals surface area contributed by atoms with Crippen molar-refractivity contribution >= 4 is 0 Å². The molecule has 0 unspecified atom stereocenters. The maximum absolute atomic E-state index is 3.72. The molecule has 0 saturated carbocycles. The van der Waals surface area contributed by atoms with Crippen molar-refractivity contribution in [2.75, 3.05) is 20.1 Å². The molecule has 0 spiro atoms. The summed E-state index contributed by atoms with van der Waals surface area (Å²) in [5.41, 5.74) is 2.68. The van der Waals surface area contributed by atoms with Crippen LogP contribution < -0.4 is 0 Å². The SMILES string of the molecule is C=C/C=C(\C=C/C)C1=CCN(C)C1. The van der Waals surface area contributed by atoms with Crippen LogP contribution in [0.5, 0.6) is 0 Å². The second-order valence-electron chi connectivity index (χ2n) is 3.28. The molecule has 0 aliphatic carbocycles. The third-order valence-corrected chi connectivity index (χ3v) is 2.10. The van der Waals surface area contributed by atoms with Crippen LogP contribution in [0.4, 0.5) is 0 Å². The molecule has 0 aromatic rings. The summed E-state index contributed by atoms with van der Waals surface area (Å²) in [4.78, 5) is 2.29. The molecular weight excluding hydrogens is 158 g/mol. The van der Waals surface area contributed by atoms with E-state index in [-0.39, 0.29) is 0 Å². The van der Waals surface area contributed by atoms with Crippen molar-refractivity contribution in [1.29, 1.82) is 0 Å². The number of nitrogens with zero attached hydrogens (tertiary/aromatic N) is 1. The molecule has 0 N–H and O–H groups in total. The standard InChI is InChI=1S/C12H17N/c1-4-6-11(7-5-2)12-8-9-13(3)10-12/h4-8H,1,9-10H2,2-3H3/b7-5-,11-6+. The van der Waals surface area contributed by atoms with Crippen LogP contribution in [0.2, 0.25) is 0 Å². The van der Waals surface area contributed by atoms with Crippen molar-refractivity contribution in [3.63, 3.8) is 0 Å². The third kappa shape index (κ3) is 2.71. The van der Waals surface area contributed by atoms with E-state index in [1.54, 1.807) is 0 Å². The number of rotatable bonds is 3. The molecule has 0 aromatic carbocycles. The quantitative estimate of drug-likeness (QED) is 0.596. The van der Waals surface area contributed by atoms with Gasteiger partial charge in [0.15, 0.2) is 0 Å². The van der Waals surface area contributed by atoms with Crippen LogP contribution >= 0.6 is 0 Å². The van der Waals surface area contributed by atoms with Gasteiger partial charge in [0.05, 0.1) is 0 Å². The Bertz CT molecular complexity index is 269. The van der Waals surface area contributed by atoms with Crippen LogP contribution in [-0.4, -0.2) is 25.0 Å². The van der Waals surface area contributed by atoms with Crippen LogP contribution in [0.25, 0.3) is 0 Å². The topological polar surface area (TPSA) is 3.24 Å². The summed E-state index contributed by atoms with van der Waals surface area (Å²) < 4.78 is 0. The van der Waals surface area contributed by atoms with E-state index >= 15 is 0 Å². The first-order valence-electron chi connectivity index (χ1n) is 4.61. The molecule has 1 aliphatic heterocycles. The van der Waals surface area contributed by atoms with E-state index < -0.39 is 0 Å². The first-order valence-corrected chi connectivity index (χ1v) is 4.61. The maximum atomic E-state index is 3.72. The molecule has 1 aliphatic rings. The Hall–Kier alpha value is -1.08. The molecule has 1 heteroatoms. The van der Waals surface area contributed by atoms with Crippen LogP contribution in [0.15, 0.2) is 48.1 Å². The Kier molecular flexibility index (Phi) is 3.71. The first kappa shape index (κ1) is 10.0. The highest BCUT2D eigenvalue weighted by Gasteiger charge is 2.10. The predicted molar refractivity (Wildman–Crippen MR) is 58.7 cm³/mol. The van der Waals surface area contributed by atoms with Crippen molar-refractivity contribution < 1.29 is 0 Å². The molecular formula is C12H17N. The van der Waals surface area contributed by atoms with E-state index in [0.29, 0.717) is 0 Å². The highest BCUT2D eigenvalue weighted by Crippen LogP contribution is 2.17. The van der Waals surface area contributed by atoms with E-state index in [2.05, 4.69) is 42.8 Å². The van der Waals surface area contributed by atoms with E-state index in [1.165, 1.54) is 11.1 Å². The first-order chi connectivity index (χ1) is 6.27. The van der Waals surface area contributed by atoms with Crippen molar-refractivity contribution in [3.05, 3.63) is 48.1 Å². The van der Waals surface area contributed by atoms with E-state index in [4.69, 9.17) is 0 Å². The summed E-state index contributed by atoms with van der Waals surface area (Å²) in [5, 5.41) is 0. The molecule has 0 amide bonds. The Morgan fingerprint density at radius 3 is 2.85 bits per heavy atom. The second-order valence-corrected chi connectivity index (χ2v) is 3.28. The second kappa shape index (κ2) is 4.83. The molecule has 1 nitrogen and oxygen atoms in total.